The van der Waals surface area contributed by atoms with E-state index < -0.39 is 0 Å². The van der Waals surface area contributed by atoms with E-state index in [-0.39, 0.29) is 0 Å². The molecule has 1 aliphatic rings. The third kappa shape index (κ3) is 2.38. The average molecular weight is 218 g/mol. The highest BCUT2D eigenvalue weighted by atomic mass is 15.2. The van der Waals surface area contributed by atoms with Gasteiger partial charge in [-0.3, -0.25) is 0 Å². The molecule has 1 aromatic rings. The van der Waals surface area contributed by atoms with Gasteiger partial charge < -0.3 is 10.2 Å². The Morgan fingerprint density at radius 3 is 2.88 bits per heavy atom. The molecular formula is C14H22N2. The standard InChI is InChI=1S/C14H22N2/c1-11(2)13-5-4-6-14(9-13)16-8-7-15-10-12(16)3/h4-6,9,11-12,15H,7-8,10H2,1-3H3. The Morgan fingerprint density at radius 2 is 2.19 bits per heavy atom. The van der Waals surface area contributed by atoms with Crippen LogP contribution in [0.25, 0.3) is 0 Å². The lowest BCUT2D eigenvalue weighted by Gasteiger charge is -2.36. The van der Waals surface area contributed by atoms with E-state index in [1.54, 1.807) is 0 Å². The molecule has 16 heavy (non-hydrogen) atoms. The van der Waals surface area contributed by atoms with Crippen molar-refractivity contribution < 1.29 is 0 Å². The summed E-state index contributed by atoms with van der Waals surface area (Å²) in [6, 6.07) is 9.57. The third-order valence-corrected chi connectivity index (χ3v) is 3.37. The van der Waals surface area contributed by atoms with Crippen LogP contribution < -0.4 is 10.2 Å². The lowest BCUT2D eigenvalue weighted by molar-refractivity contribution is 0.500. The van der Waals surface area contributed by atoms with Crippen LogP contribution >= 0.6 is 0 Å². The first-order chi connectivity index (χ1) is 7.68. The summed E-state index contributed by atoms with van der Waals surface area (Å²) in [6.07, 6.45) is 0. The van der Waals surface area contributed by atoms with Crippen LogP contribution in [0.5, 0.6) is 0 Å². The summed E-state index contributed by atoms with van der Waals surface area (Å²) >= 11 is 0. The minimum atomic E-state index is 0.594. The largest absolute Gasteiger partial charge is 0.366 e. The maximum Gasteiger partial charge on any atom is 0.0386 e. The van der Waals surface area contributed by atoms with Gasteiger partial charge in [0.2, 0.25) is 0 Å². The van der Waals surface area contributed by atoms with E-state index in [4.69, 9.17) is 0 Å². The summed E-state index contributed by atoms with van der Waals surface area (Å²) in [4.78, 5) is 2.50. The molecule has 0 saturated carbocycles. The van der Waals surface area contributed by atoms with Gasteiger partial charge in [0.15, 0.2) is 0 Å². The Hall–Kier alpha value is -1.02. The molecule has 0 bridgehead atoms. The zero-order valence-corrected chi connectivity index (χ0v) is 10.5. The van der Waals surface area contributed by atoms with Crippen LogP contribution in [0.2, 0.25) is 0 Å². The van der Waals surface area contributed by atoms with Gasteiger partial charge in [0.1, 0.15) is 0 Å². The number of benzene rings is 1. The molecule has 1 unspecified atom stereocenters. The highest BCUT2D eigenvalue weighted by Gasteiger charge is 2.18. The number of hydrogen-bond donors (Lipinski definition) is 1. The smallest absolute Gasteiger partial charge is 0.0386 e. The SMILES string of the molecule is CC(C)c1cccc(N2CCNCC2C)c1. The van der Waals surface area contributed by atoms with E-state index in [1.807, 2.05) is 0 Å². The Labute approximate surface area is 98.7 Å². The number of piperazine rings is 1. The zero-order chi connectivity index (χ0) is 11.5. The molecule has 0 radical (unpaired) electrons. The Bertz CT molecular complexity index is 346. The topological polar surface area (TPSA) is 15.3 Å². The van der Waals surface area contributed by atoms with Gasteiger partial charge in [-0.2, -0.15) is 0 Å². The molecule has 1 saturated heterocycles. The van der Waals surface area contributed by atoms with Crippen LogP contribution in [0, 0.1) is 0 Å². The highest BCUT2D eigenvalue weighted by Crippen LogP contribution is 2.23. The maximum absolute atomic E-state index is 3.43. The van der Waals surface area contributed by atoms with Crippen molar-refractivity contribution >= 4 is 5.69 Å². The van der Waals surface area contributed by atoms with Gasteiger partial charge in [-0.1, -0.05) is 26.0 Å². The third-order valence-electron chi connectivity index (χ3n) is 3.37. The predicted octanol–water partition coefficient (Wildman–Crippen LogP) is 2.61. The molecule has 0 amide bonds. The molecule has 2 heteroatoms. The fourth-order valence-electron chi connectivity index (χ4n) is 2.29. The second-order valence-corrected chi connectivity index (χ2v) is 5.00. The number of nitrogens with zero attached hydrogens (tertiary/aromatic N) is 1. The quantitative estimate of drug-likeness (QED) is 0.821. The lowest BCUT2D eigenvalue weighted by Crippen LogP contribution is -2.49. The zero-order valence-electron chi connectivity index (χ0n) is 10.5. The van der Waals surface area contributed by atoms with Crippen molar-refractivity contribution in [1.82, 2.24) is 5.32 Å². The molecule has 1 aromatic carbocycles. The van der Waals surface area contributed by atoms with Gasteiger partial charge in [-0.25, -0.2) is 0 Å². The molecular weight excluding hydrogens is 196 g/mol. The van der Waals surface area contributed by atoms with Gasteiger partial charge in [0, 0.05) is 31.4 Å². The second-order valence-electron chi connectivity index (χ2n) is 5.00. The number of nitrogens with one attached hydrogen (secondary N) is 1. The second kappa shape index (κ2) is 4.88. The van der Waals surface area contributed by atoms with E-state index in [1.165, 1.54) is 11.3 Å². The van der Waals surface area contributed by atoms with Gasteiger partial charge >= 0.3 is 0 Å². The van der Waals surface area contributed by atoms with Crippen LogP contribution in [-0.2, 0) is 0 Å². The molecule has 1 atom stereocenters. The summed E-state index contributed by atoms with van der Waals surface area (Å²) in [7, 11) is 0. The van der Waals surface area contributed by atoms with Crippen molar-refractivity contribution in [2.75, 3.05) is 24.5 Å². The highest BCUT2D eigenvalue weighted by molar-refractivity contribution is 5.50. The maximum atomic E-state index is 3.43. The lowest BCUT2D eigenvalue weighted by atomic mass is 10.0. The van der Waals surface area contributed by atoms with Gasteiger partial charge in [0.25, 0.3) is 0 Å². The molecule has 1 heterocycles. The van der Waals surface area contributed by atoms with Crippen molar-refractivity contribution in [3.63, 3.8) is 0 Å². The van der Waals surface area contributed by atoms with Gasteiger partial charge in [-0.05, 0) is 30.5 Å². The Morgan fingerprint density at radius 1 is 1.38 bits per heavy atom. The summed E-state index contributed by atoms with van der Waals surface area (Å²) < 4.78 is 0. The molecule has 1 aliphatic heterocycles. The van der Waals surface area contributed by atoms with Crippen molar-refractivity contribution in [1.29, 1.82) is 0 Å². The van der Waals surface area contributed by atoms with E-state index in [2.05, 4.69) is 55.3 Å². The first kappa shape index (κ1) is 11.5. The first-order valence-corrected chi connectivity index (χ1v) is 6.26. The molecule has 1 N–H and O–H groups in total. The van der Waals surface area contributed by atoms with Crippen molar-refractivity contribution in [2.24, 2.45) is 0 Å². The normalized spacial score (nSPS) is 21.5. The van der Waals surface area contributed by atoms with Crippen molar-refractivity contribution in [3.05, 3.63) is 29.8 Å². The Balaban J connectivity index is 2.21. The number of rotatable bonds is 2. The summed E-state index contributed by atoms with van der Waals surface area (Å²) in [5.74, 6) is 0.609. The fraction of sp³-hybridized carbons (Fsp3) is 0.571. The van der Waals surface area contributed by atoms with Crippen LogP contribution in [0.1, 0.15) is 32.3 Å². The van der Waals surface area contributed by atoms with E-state index in [0.717, 1.165) is 19.6 Å². The molecule has 0 aliphatic carbocycles. The van der Waals surface area contributed by atoms with Crippen LogP contribution in [0.4, 0.5) is 5.69 Å². The molecule has 1 fully saturated rings. The summed E-state index contributed by atoms with van der Waals surface area (Å²) in [5, 5.41) is 3.43. The van der Waals surface area contributed by atoms with Crippen LogP contribution in [-0.4, -0.2) is 25.7 Å². The van der Waals surface area contributed by atoms with Crippen LogP contribution in [0.3, 0.4) is 0 Å². The molecule has 2 nitrogen and oxygen atoms in total. The van der Waals surface area contributed by atoms with Crippen molar-refractivity contribution in [2.45, 2.75) is 32.7 Å². The first-order valence-electron chi connectivity index (χ1n) is 6.26. The van der Waals surface area contributed by atoms with E-state index in [9.17, 15) is 0 Å². The van der Waals surface area contributed by atoms with E-state index in [0.29, 0.717) is 12.0 Å². The van der Waals surface area contributed by atoms with Gasteiger partial charge in [-0.15, -0.1) is 0 Å². The Kier molecular flexibility index (Phi) is 3.49. The number of anilines is 1. The monoisotopic (exact) mass is 218 g/mol. The summed E-state index contributed by atoms with van der Waals surface area (Å²) in [6.45, 7) is 10.1. The molecule has 0 spiro atoms. The minimum Gasteiger partial charge on any atom is -0.366 e. The van der Waals surface area contributed by atoms with Crippen LogP contribution in [0.15, 0.2) is 24.3 Å². The summed E-state index contributed by atoms with van der Waals surface area (Å²) in [5.41, 5.74) is 2.81. The number of hydrogen-bond acceptors (Lipinski definition) is 2. The predicted molar refractivity (Wildman–Crippen MR) is 70.2 cm³/mol. The fourth-order valence-corrected chi connectivity index (χ4v) is 2.29. The minimum absolute atomic E-state index is 0.594. The average Bonchev–Trinajstić information content (AvgIpc) is 2.30. The molecule has 88 valence electrons. The molecule has 0 aromatic heterocycles. The van der Waals surface area contributed by atoms with Gasteiger partial charge in [0.05, 0.1) is 0 Å². The van der Waals surface area contributed by atoms with Crippen molar-refractivity contribution in [3.8, 4) is 0 Å². The van der Waals surface area contributed by atoms with E-state index >= 15 is 0 Å². The molecule has 2 rings (SSSR count).